The van der Waals surface area contributed by atoms with Gasteiger partial charge in [0, 0.05) is 5.92 Å². The van der Waals surface area contributed by atoms with Crippen LogP contribution in [-0.2, 0) is 9.53 Å². The van der Waals surface area contributed by atoms with Crippen molar-refractivity contribution in [1.82, 2.24) is 0 Å². The second kappa shape index (κ2) is 4.30. The fraction of sp³-hybridized carbons (Fsp3) is 0.909. The Hall–Kier alpha value is -0.570. The second-order valence-corrected chi connectivity index (χ2v) is 4.43. The number of carbonyl (C=O) groups is 1. The number of carbonyl (C=O) groups excluding carboxylic acids is 1. The van der Waals surface area contributed by atoms with Crippen LogP contribution in [0.1, 0.15) is 34.1 Å². The highest BCUT2D eigenvalue weighted by Gasteiger charge is 2.41. The third kappa shape index (κ3) is 1.92. The molecular formula is C11H20O3. The first-order chi connectivity index (χ1) is 6.49. The van der Waals surface area contributed by atoms with Gasteiger partial charge in [-0.1, -0.05) is 27.2 Å². The first-order valence-corrected chi connectivity index (χ1v) is 5.37. The van der Waals surface area contributed by atoms with Crippen LogP contribution in [0.25, 0.3) is 0 Å². The Balaban J connectivity index is 2.75. The van der Waals surface area contributed by atoms with Crippen LogP contribution in [0.5, 0.6) is 0 Å². The van der Waals surface area contributed by atoms with E-state index in [1.165, 1.54) is 0 Å². The van der Waals surface area contributed by atoms with Crippen LogP contribution < -0.4 is 0 Å². The molecule has 1 aliphatic rings. The van der Waals surface area contributed by atoms with Crippen LogP contribution in [0.15, 0.2) is 0 Å². The highest BCUT2D eigenvalue weighted by molar-refractivity contribution is 5.73. The fourth-order valence-electron chi connectivity index (χ4n) is 2.00. The number of hydrogen-bond acceptors (Lipinski definition) is 3. The van der Waals surface area contributed by atoms with Crippen molar-refractivity contribution in [2.45, 2.75) is 46.3 Å². The monoisotopic (exact) mass is 200 g/mol. The number of aliphatic hydroxyl groups excluding tert-OH is 1. The molecule has 0 aromatic rings. The number of esters is 1. The first-order valence-electron chi connectivity index (χ1n) is 5.37. The Morgan fingerprint density at radius 1 is 1.50 bits per heavy atom. The molecule has 3 nitrogen and oxygen atoms in total. The minimum absolute atomic E-state index is 0.0395. The van der Waals surface area contributed by atoms with Gasteiger partial charge in [0.05, 0.1) is 12.0 Å². The van der Waals surface area contributed by atoms with Gasteiger partial charge in [-0.15, -0.1) is 0 Å². The summed E-state index contributed by atoms with van der Waals surface area (Å²) in [4.78, 5) is 11.4. The third-order valence-corrected chi connectivity index (χ3v) is 3.40. The van der Waals surface area contributed by atoms with E-state index in [1.807, 2.05) is 6.92 Å². The van der Waals surface area contributed by atoms with Gasteiger partial charge in [-0.05, 0) is 12.8 Å². The summed E-state index contributed by atoms with van der Waals surface area (Å²) in [6, 6.07) is 0. The van der Waals surface area contributed by atoms with Gasteiger partial charge in [-0.25, -0.2) is 0 Å². The molecule has 0 aromatic carbocycles. The predicted molar refractivity (Wildman–Crippen MR) is 53.7 cm³/mol. The largest absolute Gasteiger partial charge is 0.461 e. The molecule has 82 valence electrons. The van der Waals surface area contributed by atoms with Gasteiger partial charge in [-0.3, -0.25) is 4.79 Å². The molecular weight excluding hydrogens is 180 g/mol. The van der Waals surface area contributed by atoms with E-state index in [9.17, 15) is 9.90 Å². The number of hydrogen-bond donors (Lipinski definition) is 1. The van der Waals surface area contributed by atoms with Gasteiger partial charge in [0.2, 0.25) is 0 Å². The third-order valence-electron chi connectivity index (χ3n) is 3.40. The quantitative estimate of drug-likeness (QED) is 0.688. The average molecular weight is 200 g/mol. The van der Waals surface area contributed by atoms with Crippen LogP contribution >= 0.6 is 0 Å². The van der Waals surface area contributed by atoms with Crippen molar-refractivity contribution in [3.05, 3.63) is 0 Å². The van der Waals surface area contributed by atoms with E-state index >= 15 is 0 Å². The molecule has 0 saturated carbocycles. The normalized spacial score (nSPS) is 40.5. The summed E-state index contributed by atoms with van der Waals surface area (Å²) in [6.45, 7) is 7.79. The van der Waals surface area contributed by atoms with Gasteiger partial charge in [0.15, 0.2) is 0 Å². The molecule has 1 N–H and O–H groups in total. The topological polar surface area (TPSA) is 46.5 Å². The highest BCUT2D eigenvalue weighted by Crippen LogP contribution is 2.31. The maximum atomic E-state index is 11.4. The maximum Gasteiger partial charge on any atom is 0.311 e. The van der Waals surface area contributed by atoms with Gasteiger partial charge >= 0.3 is 5.97 Å². The second-order valence-electron chi connectivity index (χ2n) is 4.43. The van der Waals surface area contributed by atoms with Crippen LogP contribution in [-0.4, -0.2) is 23.3 Å². The Morgan fingerprint density at radius 3 is 2.57 bits per heavy atom. The van der Waals surface area contributed by atoms with E-state index in [0.29, 0.717) is 5.92 Å². The zero-order valence-electron chi connectivity index (χ0n) is 9.36. The van der Waals surface area contributed by atoms with Crippen molar-refractivity contribution in [3.63, 3.8) is 0 Å². The summed E-state index contributed by atoms with van der Waals surface area (Å²) in [6.07, 6.45) is 0.276. The van der Waals surface area contributed by atoms with E-state index in [2.05, 4.69) is 13.8 Å². The van der Waals surface area contributed by atoms with E-state index < -0.39 is 6.10 Å². The fourth-order valence-corrected chi connectivity index (χ4v) is 2.00. The van der Waals surface area contributed by atoms with Crippen molar-refractivity contribution >= 4 is 5.97 Å². The number of rotatable bonds is 2. The van der Waals surface area contributed by atoms with E-state index in [4.69, 9.17) is 4.74 Å². The minimum atomic E-state index is -0.560. The van der Waals surface area contributed by atoms with E-state index in [-0.39, 0.29) is 23.9 Å². The van der Waals surface area contributed by atoms with Crippen molar-refractivity contribution in [2.24, 2.45) is 17.8 Å². The molecule has 0 bridgehead atoms. The summed E-state index contributed by atoms with van der Waals surface area (Å²) in [5.74, 6) is -0.292. The number of ether oxygens (including phenoxy) is 1. The first kappa shape index (κ1) is 11.5. The van der Waals surface area contributed by atoms with Crippen molar-refractivity contribution in [3.8, 4) is 0 Å². The molecule has 3 heteroatoms. The zero-order chi connectivity index (χ0) is 10.9. The molecule has 1 rings (SSSR count). The van der Waals surface area contributed by atoms with Crippen LogP contribution in [0.2, 0.25) is 0 Å². The highest BCUT2D eigenvalue weighted by atomic mass is 16.5. The molecule has 14 heavy (non-hydrogen) atoms. The predicted octanol–water partition coefficient (Wildman–Crippen LogP) is 1.59. The maximum absolute atomic E-state index is 11.4. The standard InChI is InChI=1S/C11H20O3/c1-5-6(2)10-7(3)9(12)8(4)11(13)14-10/h6-10,12H,5H2,1-4H3/t6?,7-,8+,9-,10-/m0/s1. The molecule has 1 saturated heterocycles. The SMILES string of the molecule is CCC(C)[C@@H]1OC(=O)[C@H](C)[C@@H](O)[C@@H]1C. The Labute approximate surface area is 85.5 Å². The minimum Gasteiger partial charge on any atom is -0.461 e. The van der Waals surface area contributed by atoms with E-state index in [1.54, 1.807) is 6.92 Å². The lowest BCUT2D eigenvalue weighted by atomic mass is 9.81. The zero-order valence-corrected chi connectivity index (χ0v) is 9.36. The van der Waals surface area contributed by atoms with Gasteiger partial charge < -0.3 is 9.84 Å². The molecule has 1 unspecified atom stereocenters. The molecule has 5 atom stereocenters. The Kier molecular flexibility index (Phi) is 3.53. The number of aliphatic hydroxyl groups is 1. The van der Waals surface area contributed by atoms with Crippen LogP contribution in [0.4, 0.5) is 0 Å². The van der Waals surface area contributed by atoms with Gasteiger partial charge in [0.25, 0.3) is 0 Å². The summed E-state index contributed by atoms with van der Waals surface area (Å²) in [5, 5.41) is 9.83. The van der Waals surface area contributed by atoms with Gasteiger partial charge in [-0.2, -0.15) is 0 Å². The summed E-state index contributed by atoms with van der Waals surface area (Å²) < 4.78 is 5.34. The van der Waals surface area contributed by atoms with Gasteiger partial charge in [0.1, 0.15) is 6.10 Å². The lowest BCUT2D eigenvalue weighted by molar-refractivity contribution is -0.182. The molecule has 0 spiro atoms. The summed E-state index contributed by atoms with van der Waals surface area (Å²) in [5.41, 5.74) is 0. The molecule has 1 fully saturated rings. The van der Waals surface area contributed by atoms with Crippen molar-refractivity contribution in [1.29, 1.82) is 0 Å². The molecule has 1 heterocycles. The van der Waals surface area contributed by atoms with Crippen molar-refractivity contribution in [2.75, 3.05) is 0 Å². The van der Waals surface area contributed by atoms with Crippen molar-refractivity contribution < 1.29 is 14.6 Å². The molecule has 1 aliphatic heterocycles. The molecule has 0 amide bonds. The Bertz CT molecular complexity index is 215. The Morgan fingerprint density at radius 2 is 2.07 bits per heavy atom. The lowest BCUT2D eigenvalue weighted by Crippen LogP contribution is -2.48. The molecule has 0 radical (unpaired) electrons. The van der Waals surface area contributed by atoms with Crippen LogP contribution in [0, 0.1) is 17.8 Å². The van der Waals surface area contributed by atoms with Crippen LogP contribution in [0.3, 0.4) is 0 Å². The average Bonchev–Trinajstić information content (AvgIpc) is 2.19. The van der Waals surface area contributed by atoms with E-state index in [0.717, 1.165) is 6.42 Å². The lowest BCUT2D eigenvalue weighted by Gasteiger charge is -2.38. The summed E-state index contributed by atoms with van der Waals surface area (Å²) >= 11 is 0. The smallest absolute Gasteiger partial charge is 0.311 e. The number of cyclic esters (lactones) is 1. The molecule has 0 aromatic heterocycles. The molecule has 0 aliphatic carbocycles. The summed E-state index contributed by atoms with van der Waals surface area (Å²) in [7, 11) is 0.